The van der Waals surface area contributed by atoms with E-state index in [1.807, 2.05) is 0 Å². The standard InChI is InChI=1S/C17H16O5/c1-21-16-8-4-11(9-15(16)20)3-6-13(18)12-5-7-14(19)17(10-12)22-2/h3-10,19-20H,1-2H3. The first-order chi connectivity index (χ1) is 10.5. The smallest absolute Gasteiger partial charge is 0.185 e. The van der Waals surface area contributed by atoms with Gasteiger partial charge in [0.2, 0.25) is 0 Å². The van der Waals surface area contributed by atoms with E-state index in [2.05, 4.69) is 0 Å². The van der Waals surface area contributed by atoms with Gasteiger partial charge in [0.1, 0.15) is 0 Å². The average Bonchev–Trinajstić information content (AvgIpc) is 2.53. The molecule has 0 bridgehead atoms. The lowest BCUT2D eigenvalue weighted by Crippen LogP contribution is -1.95. The number of phenolic OH excluding ortho intramolecular Hbond substituents is 2. The van der Waals surface area contributed by atoms with Crippen LogP contribution in [0.2, 0.25) is 0 Å². The van der Waals surface area contributed by atoms with Crippen molar-refractivity contribution in [3.63, 3.8) is 0 Å². The lowest BCUT2D eigenvalue weighted by Gasteiger charge is -2.05. The molecule has 0 aliphatic rings. The largest absolute Gasteiger partial charge is 0.504 e. The molecular formula is C17H16O5. The number of phenols is 2. The van der Waals surface area contributed by atoms with Crippen LogP contribution in [0.15, 0.2) is 42.5 Å². The predicted octanol–water partition coefficient (Wildman–Crippen LogP) is 3.01. The van der Waals surface area contributed by atoms with Gasteiger partial charge in [0, 0.05) is 5.56 Å². The topological polar surface area (TPSA) is 76.0 Å². The van der Waals surface area contributed by atoms with Gasteiger partial charge in [0.25, 0.3) is 0 Å². The molecule has 2 rings (SSSR count). The number of rotatable bonds is 5. The number of benzene rings is 2. The van der Waals surface area contributed by atoms with Crippen molar-refractivity contribution in [2.75, 3.05) is 14.2 Å². The molecule has 2 aromatic carbocycles. The number of carbonyl (C=O) groups excluding carboxylic acids is 1. The quantitative estimate of drug-likeness (QED) is 0.655. The second kappa shape index (κ2) is 6.67. The van der Waals surface area contributed by atoms with E-state index >= 15 is 0 Å². The maximum atomic E-state index is 12.1. The zero-order chi connectivity index (χ0) is 16.1. The molecule has 2 N–H and O–H groups in total. The number of methoxy groups -OCH3 is 2. The molecule has 0 radical (unpaired) electrons. The summed E-state index contributed by atoms with van der Waals surface area (Å²) in [5.74, 6) is 0.341. The Morgan fingerprint density at radius 1 is 0.955 bits per heavy atom. The fourth-order valence-electron chi connectivity index (χ4n) is 1.91. The van der Waals surface area contributed by atoms with Gasteiger partial charge in [-0.2, -0.15) is 0 Å². The van der Waals surface area contributed by atoms with Crippen LogP contribution in [0.1, 0.15) is 15.9 Å². The fourth-order valence-corrected chi connectivity index (χ4v) is 1.91. The van der Waals surface area contributed by atoms with E-state index < -0.39 is 0 Å². The number of ketones is 1. The number of carbonyl (C=O) groups is 1. The van der Waals surface area contributed by atoms with Crippen molar-refractivity contribution in [2.24, 2.45) is 0 Å². The molecule has 0 fully saturated rings. The van der Waals surface area contributed by atoms with E-state index in [4.69, 9.17) is 9.47 Å². The first-order valence-corrected chi connectivity index (χ1v) is 6.51. The van der Waals surface area contributed by atoms with Crippen molar-refractivity contribution in [1.82, 2.24) is 0 Å². The summed E-state index contributed by atoms with van der Waals surface area (Å²) in [6, 6.07) is 9.21. The molecule has 0 saturated heterocycles. The summed E-state index contributed by atoms with van der Waals surface area (Å²) in [5.41, 5.74) is 1.06. The highest BCUT2D eigenvalue weighted by molar-refractivity contribution is 6.07. The number of ether oxygens (including phenoxy) is 2. The Kier molecular flexibility index (Phi) is 4.68. The number of hydrogen-bond acceptors (Lipinski definition) is 5. The number of aromatic hydroxyl groups is 2. The van der Waals surface area contributed by atoms with E-state index in [0.717, 1.165) is 0 Å². The second-order valence-electron chi connectivity index (χ2n) is 4.52. The summed E-state index contributed by atoms with van der Waals surface area (Å²) < 4.78 is 9.92. The zero-order valence-corrected chi connectivity index (χ0v) is 12.2. The Hall–Kier alpha value is -2.95. The van der Waals surface area contributed by atoms with Crippen LogP contribution in [0, 0.1) is 0 Å². The van der Waals surface area contributed by atoms with Gasteiger partial charge in [-0.15, -0.1) is 0 Å². The third-order valence-corrected chi connectivity index (χ3v) is 3.09. The third kappa shape index (κ3) is 3.38. The summed E-state index contributed by atoms with van der Waals surface area (Å²) in [4.78, 5) is 12.1. The summed E-state index contributed by atoms with van der Waals surface area (Å²) in [7, 11) is 2.88. The SMILES string of the molecule is COc1ccc(C=CC(=O)c2ccc(O)c(OC)c2)cc1O. The molecule has 114 valence electrons. The predicted molar refractivity (Wildman–Crippen MR) is 82.7 cm³/mol. The lowest BCUT2D eigenvalue weighted by molar-refractivity contribution is 0.104. The molecular weight excluding hydrogens is 284 g/mol. The Balaban J connectivity index is 2.19. The van der Waals surface area contributed by atoms with Crippen molar-refractivity contribution < 1.29 is 24.5 Å². The van der Waals surface area contributed by atoms with E-state index in [1.54, 1.807) is 18.2 Å². The fraction of sp³-hybridized carbons (Fsp3) is 0.118. The van der Waals surface area contributed by atoms with Crippen molar-refractivity contribution in [1.29, 1.82) is 0 Å². The van der Waals surface area contributed by atoms with Crippen LogP contribution in [0.5, 0.6) is 23.0 Å². The molecule has 22 heavy (non-hydrogen) atoms. The first kappa shape index (κ1) is 15.4. The van der Waals surface area contributed by atoms with Crippen LogP contribution < -0.4 is 9.47 Å². The average molecular weight is 300 g/mol. The van der Waals surface area contributed by atoms with Crippen molar-refractivity contribution in [2.45, 2.75) is 0 Å². The van der Waals surface area contributed by atoms with Crippen LogP contribution in [-0.2, 0) is 0 Å². The van der Waals surface area contributed by atoms with Crippen molar-refractivity contribution >= 4 is 11.9 Å². The monoisotopic (exact) mass is 300 g/mol. The van der Waals surface area contributed by atoms with Gasteiger partial charge in [-0.1, -0.05) is 12.1 Å². The summed E-state index contributed by atoms with van der Waals surface area (Å²) in [6.45, 7) is 0. The Labute approximate surface area is 128 Å². The molecule has 0 unspecified atom stereocenters. The minimum Gasteiger partial charge on any atom is -0.504 e. The van der Waals surface area contributed by atoms with Gasteiger partial charge in [-0.05, 0) is 42.0 Å². The first-order valence-electron chi connectivity index (χ1n) is 6.51. The molecule has 0 heterocycles. The van der Waals surface area contributed by atoms with E-state index in [1.165, 1.54) is 44.6 Å². The third-order valence-electron chi connectivity index (χ3n) is 3.09. The van der Waals surface area contributed by atoms with Crippen molar-refractivity contribution in [3.8, 4) is 23.0 Å². The lowest BCUT2D eigenvalue weighted by atomic mass is 10.1. The summed E-state index contributed by atoms with van der Waals surface area (Å²) >= 11 is 0. The Morgan fingerprint density at radius 3 is 2.32 bits per heavy atom. The van der Waals surface area contributed by atoms with Gasteiger partial charge >= 0.3 is 0 Å². The maximum absolute atomic E-state index is 12.1. The highest BCUT2D eigenvalue weighted by atomic mass is 16.5. The molecule has 0 spiro atoms. The Morgan fingerprint density at radius 2 is 1.68 bits per heavy atom. The molecule has 5 heteroatoms. The van der Waals surface area contributed by atoms with Gasteiger partial charge in [-0.25, -0.2) is 0 Å². The van der Waals surface area contributed by atoms with E-state index in [9.17, 15) is 15.0 Å². The van der Waals surface area contributed by atoms with Gasteiger partial charge in [0.05, 0.1) is 14.2 Å². The zero-order valence-electron chi connectivity index (χ0n) is 12.2. The van der Waals surface area contributed by atoms with Gasteiger partial charge < -0.3 is 19.7 Å². The molecule has 2 aromatic rings. The molecule has 0 amide bonds. The summed E-state index contributed by atoms with van der Waals surface area (Å²) in [6.07, 6.45) is 2.97. The molecule has 5 nitrogen and oxygen atoms in total. The van der Waals surface area contributed by atoms with Crippen molar-refractivity contribution in [3.05, 3.63) is 53.6 Å². The molecule has 0 aromatic heterocycles. The second-order valence-corrected chi connectivity index (χ2v) is 4.52. The molecule has 0 aliphatic carbocycles. The van der Waals surface area contributed by atoms with Crippen LogP contribution in [-0.4, -0.2) is 30.2 Å². The van der Waals surface area contributed by atoms with Gasteiger partial charge in [-0.3, -0.25) is 4.79 Å². The Bertz CT molecular complexity index is 719. The van der Waals surface area contributed by atoms with E-state index in [-0.39, 0.29) is 23.0 Å². The van der Waals surface area contributed by atoms with E-state index in [0.29, 0.717) is 16.9 Å². The minimum absolute atomic E-state index is 0.00315. The van der Waals surface area contributed by atoms with Crippen LogP contribution in [0.25, 0.3) is 6.08 Å². The summed E-state index contributed by atoms with van der Waals surface area (Å²) in [5, 5.41) is 19.2. The molecule has 0 aliphatic heterocycles. The maximum Gasteiger partial charge on any atom is 0.185 e. The van der Waals surface area contributed by atoms with Gasteiger partial charge in [0.15, 0.2) is 28.8 Å². The molecule has 0 saturated carbocycles. The highest BCUT2D eigenvalue weighted by Gasteiger charge is 2.07. The minimum atomic E-state index is -0.242. The highest BCUT2D eigenvalue weighted by Crippen LogP contribution is 2.28. The van der Waals surface area contributed by atoms with Crippen LogP contribution >= 0.6 is 0 Å². The van der Waals surface area contributed by atoms with Crippen LogP contribution in [0.4, 0.5) is 0 Å². The number of allylic oxidation sites excluding steroid dienone is 1. The number of hydrogen-bond donors (Lipinski definition) is 2. The normalized spacial score (nSPS) is 10.6. The molecule has 0 atom stereocenters. The van der Waals surface area contributed by atoms with Crippen LogP contribution in [0.3, 0.4) is 0 Å².